The second-order valence-corrected chi connectivity index (χ2v) is 4.35. The zero-order chi connectivity index (χ0) is 15.8. The SMILES string of the molecule is CCCCCCCC([N+](=O)[O-])C([C]=O)([N+](=O)[O-])[N+](=O)[O-]. The number of rotatable bonds is 11. The summed E-state index contributed by atoms with van der Waals surface area (Å²) in [7, 11) is 0. The lowest BCUT2D eigenvalue weighted by atomic mass is 9.97. The first-order chi connectivity index (χ1) is 9.34. The monoisotopic (exact) mass is 290 g/mol. The van der Waals surface area contributed by atoms with Crippen molar-refractivity contribution in [2.75, 3.05) is 0 Å². The number of hydrogen-bond acceptors (Lipinski definition) is 7. The number of nitrogens with zero attached hydrogens (tertiary/aromatic N) is 3. The van der Waals surface area contributed by atoms with E-state index in [1.807, 2.05) is 6.92 Å². The van der Waals surface area contributed by atoms with Gasteiger partial charge in [-0.25, -0.2) is 0 Å². The number of carbonyl (C=O) groups excluding carboxylic acids is 1. The van der Waals surface area contributed by atoms with Crippen LogP contribution in [-0.4, -0.2) is 32.8 Å². The zero-order valence-electron chi connectivity index (χ0n) is 11.0. The van der Waals surface area contributed by atoms with E-state index in [1.165, 1.54) is 0 Å². The van der Waals surface area contributed by atoms with Crippen LogP contribution in [0.2, 0.25) is 0 Å². The summed E-state index contributed by atoms with van der Waals surface area (Å²) in [4.78, 5) is 38.8. The summed E-state index contributed by atoms with van der Waals surface area (Å²) in [6.07, 6.45) is 3.63. The normalized spacial score (nSPS) is 12.7. The molecule has 0 aliphatic rings. The molecule has 0 amide bonds. The van der Waals surface area contributed by atoms with Gasteiger partial charge in [0.2, 0.25) is 0 Å². The Labute approximate surface area is 114 Å². The number of hydrogen-bond donors (Lipinski definition) is 0. The maximum atomic E-state index is 10.9. The Morgan fingerprint density at radius 3 is 1.85 bits per heavy atom. The van der Waals surface area contributed by atoms with Crippen LogP contribution in [0.25, 0.3) is 0 Å². The fourth-order valence-corrected chi connectivity index (χ4v) is 1.85. The van der Waals surface area contributed by atoms with Gasteiger partial charge in [-0.15, -0.1) is 0 Å². The molecule has 1 unspecified atom stereocenters. The highest BCUT2D eigenvalue weighted by Gasteiger charge is 2.71. The van der Waals surface area contributed by atoms with Crippen molar-refractivity contribution >= 4 is 6.29 Å². The van der Waals surface area contributed by atoms with Gasteiger partial charge < -0.3 is 0 Å². The summed E-state index contributed by atoms with van der Waals surface area (Å²) in [6.45, 7) is 1.96. The lowest BCUT2D eigenvalue weighted by Gasteiger charge is -2.14. The highest BCUT2D eigenvalue weighted by atomic mass is 16.7. The predicted octanol–water partition coefficient (Wildman–Crippen LogP) is 1.35. The van der Waals surface area contributed by atoms with E-state index in [1.54, 1.807) is 0 Å². The van der Waals surface area contributed by atoms with E-state index < -0.39 is 32.9 Å². The van der Waals surface area contributed by atoms with Gasteiger partial charge in [-0.2, -0.15) is 0 Å². The van der Waals surface area contributed by atoms with E-state index in [0.29, 0.717) is 12.7 Å². The van der Waals surface area contributed by atoms with Gasteiger partial charge in [-0.1, -0.05) is 32.6 Å². The van der Waals surface area contributed by atoms with E-state index in [4.69, 9.17) is 0 Å². The summed E-state index contributed by atoms with van der Waals surface area (Å²) in [5.41, 5.74) is -3.53. The smallest absolute Gasteiger partial charge is 0.273 e. The molecule has 1 radical (unpaired) electrons. The molecule has 1 atom stereocenters. The third-order valence-corrected chi connectivity index (χ3v) is 3.01. The van der Waals surface area contributed by atoms with Gasteiger partial charge in [0.1, 0.15) is 9.85 Å². The van der Waals surface area contributed by atoms with Gasteiger partial charge in [-0.3, -0.25) is 35.1 Å². The van der Waals surface area contributed by atoms with Crippen LogP contribution >= 0.6 is 0 Å². The van der Waals surface area contributed by atoms with Crippen molar-refractivity contribution in [2.45, 2.75) is 57.2 Å². The minimum atomic E-state index is -3.53. The lowest BCUT2D eigenvalue weighted by Crippen LogP contribution is -2.59. The molecule has 0 saturated heterocycles. The molecular weight excluding hydrogens is 274 g/mol. The van der Waals surface area contributed by atoms with Crippen LogP contribution < -0.4 is 0 Å². The first-order valence-electron chi connectivity index (χ1n) is 6.16. The zero-order valence-corrected chi connectivity index (χ0v) is 11.0. The quantitative estimate of drug-likeness (QED) is 0.241. The van der Waals surface area contributed by atoms with Gasteiger partial charge in [0.15, 0.2) is 0 Å². The molecule has 0 N–H and O–H groups in total. The molecule has 0 aromatic rings. The van der Waals surface area contributed by atoms with E-state index >= 15 is 0 Å². The van der Waals surface area contributed by atoms with E-state index in [9.17, 15) is 35.1 Å². The molecule has 0 heterocycles. The largest absolute Gasteiger partial charge is 0.588 e. The third kappa shape index (κ3) is 3.93. The topological polar surface area (TPSA) is 146 Å². The average Bonchev–Trinajstić information content (AvgIpc) is 2.36. The first-order valence-corrected chi connectivity index (χ1v) is 6.16. The number of nitro groups is 3. The van der Waals surface area contributed by atoms with E-state index in [0.717, 1.165) is 19.3 Å². The summed E-state index contributed by atoms with van der Waals surface area (Å²) in [5, 5.41) is 32.4. The Hall–Kier alpha value is -2.13. The van der Waals surface area contributed by atoms with Crippen molar-refractivity contribution in [1.29, 1.82) is 0 Å². The van der Waals surface area contributed by atoms with Gasteiger partial charge >= 0.3 is 18.0 Å². The second kappa shape index (κ2) is 8.12. The Morgan fingerprint density at radius 2 is 1.50 bits per heavy atom. The van der Waals surface area contributed by atoms with Crippen LogP contribution in [0, 0.1) is 30.3 Å². The Bertz CT molecular complexity index is 371. The molecule has 0 aliphatic carbocycles. The van der Waals surface area contributed by atoms with Crippen molar-refractivity contribution in [3.05, 3.63) is 30.3 Å². The molecule has 0 rings (SSSR count). The molecule has 113 valence electrons. The number of unbranched alkanes of at least 4 members (excludes halogenated alkanes) is 4. The summed E-state index contributed by atoms with van der Waals surface area (Å²) in [5.74, 6) is 0. The van der Waals surface area contributed by atoms with Crippen LogP contribution in [0.4, 0.5) is 0 Å². The molecule has 0 fully saturated rings. The maximum Gasteiger partial charge on any atom is 0.588 e. The maximum absolute atomic E-state index is 10.9. The third-order valence-electron chi connectivity index (χ3n) is 3.01. The molecule has 20 heavy (non-hydrogen) atoms. The molecule has 0 bridgehead atoms. The van der Waals surface area contributed by atoms with Gasteiger partial charge in [0.25, 0.3) is 0 Å². The fraction of sp³-hybridized carbons (Fsp3) is 0.900. The van der Waals surface area contributed by atoms with E-state index in [-0.39, 0.29) is 6.42 Å². The van der Waals surface area contributed by atoms with Crippen LogP contribution in [0.15, 0.2) is 0 Å². The van der Waals surface area contributed by atoms with E-state index in [2.05, 4.69) is 0 Å². The molecule has 10 heteroatoms. The predicted molar refractivity (Wildman–Crippen MR) is 66.6 cm³/mol. The van der Waals surface area contributed by atoms with Crippen LogP contribution in [0.3, 0.4) is 0 Å². The van der Waals surface area contributed by atoms with Crippen LogP contribution in [0.5, 0.6) is 0 Å². The Balaban J connectivity index is 5.03. The first kappa shape index (κ1) is 17.9. The molecule has 0 spiro atoms. The standard InChI is InChI=1S/C10H16N3O7/c1-2-3-4-5-6-7-9(11(15)16)10(8-14,12(17)18)13(19)20/h9H,2-7H2,1H3. The summed E-state index contributed by atoms with van der Waals surface area (Å²) >= 11 is 0. The second-order valence-electron chi connectivity index (χ2n) is 4.35. The van der Waals surface area contributed by atoms with Crippen molar-refractivity contribution in [3.8, 4) is 0 Å². The molecule has 0 aromatic heterocycles. The van der Waals surface area contributed by atoms with Crippen LogP contribution in [0.1, 0.15) is 45.4 Å². The Morgan fingerprint density at radius 1 is 1.00 bits per heavy atom. The van der Waals surface area contributed by atoms with Crippen molar-refractivity contribution < 1.29 is 19.6 Å². The lowest BCUT2D eigenvalue weighted by molar-refractivity contribution is -0.810. The summed E-state index contributed by atoms with van der Waals surface area (Å²) in [6, 6.07) is -2.22. The molecule has 10 nitrogen and oxygen atoms in total. The molecular formula is C10H16N3O7. The van der Waals surface area contributed by atoms with Crippen molar-refractivity contribution in [1.82, 2.24) is 0 Å². The Kier molecular flexibility index (Phi) is 7.26. The van der Waals surface area contributed by atoms with Gasteiger partial charge in [-0.05, 0) is 6.42 Å². The van der Waals surface area contributed by atoms with Crippen molar-refractivity contribution in [2.24, 2.45) is 0 Å². The molecule has 0 saturated carbocycles. The minimum Gasteiger partial charge on any atom is -0.273 e. The molecule has 0 aromatic carbocycles. The molecule has 0 aliphatic heterocycles. The summed E-state index contributed by atoms with van der Waals surface area (Å²) < 4.78 is 0. The van der Waals surface area contributed by atoms with Crippen molar-refractivity contribution in [3.63, 3.8) is 0 Å². The highest BCUT2D eigenvalue weighted by Crippen LogP contribution is 2.22. The van der Waals surface area contributed by atoms with Gasteiger partial charge in [0, 0.05) is 11.3 Å². The minimum absolute atomic E-state index is 0.205. The fourth-order valence-electron chi connectivity index (χ4n) is 1.85. The van der Waals surface area contributed by atoms with Crippen LogP contribution in [-0.2, 0) is 4.79 Å². The average molecular weight is 290 g/mol. The highest BCUT2D eigenvalue weighted by molar-refractivity contribution is 5.61. The van der Waals surface area contributed by atoms with Gasteiger partial charge in [0.05, 0.1) is 0 Å².